The van der Waals surface area contributed by atoms with E-state index in [0.717, 1.165) is 239 Å². The van der Waals surface area contributed by atoms with Crippen LogP contribution in [0.4, 0.5) is 0 Å². The Hall–Kier alpha value is -20.0. The highest BCUT2D eigenvalue weighted by molar-refractivity contribution is 6.21. The predicted molar refractivity (Wildman–Crippen MR) is 595 cm³/mol. The van der Waals surface area contributed by atoms with E-state index in [1.807, 2.05) is 183 Å². The van der Waals surface area contributed by atoms with E-state index in [1.54, 1.807) is 12.4 Å². The molecule has 14 nitrogen and oxygen atoms in total. The summed E-state index contributed by atoms with van der Waals surface area (Å²) in [5, 5.41) is 12.3. The Balaban J connectivity index is 0.000000114. The van der Waals surface area contributed by atoms with Gasteiger partial charge in [0.2, 0.25) is 0 Å². The quantitative estimate of drug-likeness (QED) is 0.0834. The first kappa shape index (κ1) is 87.5. The number of hydrogen-bond donors (Lipinski definition) is 0. The molecule has 146 heavy (non-hydrogen) atoms. The normalized spacial score (nSPS) is 11.3. The van der Waals surface area contributed by atoms with Gasteiger partial charge in [0.05, 0.1) is 78.8 Å². The van der Waals surface area contributed by atoms with Gasteiger partial charge in [-0.1, -0.05) is 352 Å². The van der Waals surface area contributed by atoms with Crippen molar-refractivity contribution in [3.05, 3.63) is 511 Å². The average Bonchev–Trinajstić information content (AvgIpc) is 0.694. The van der Waals surface area contributed by atoms with Crippen LogP contribution in [-0.4, -0.2) is 69.8 Å². The van der Waals surface area contributed by atoms with Crippen molar-refractivity contribution in [2.45, 2.75) is 0 Å². The molecule has 0 unspecified atom stereocenters. The standard InChI is InChI=1S/2C45H29N5.C42H26N4/c1-4-11-32(12-5-1)42-38-18-10-17-37(31-25-27-46-28-26-31)41(38)39-29-36(23-24-40(39)47-42)30-19-21-35(22-20-30)45-49-43(33-13-6-2-7-14-33)48-44(50-45)34-15-8-3-9-16-34;1-2-10-32(11-3-1)45-37-14-8-13-36(34-12-9-23-46-29-34)44(37)38-26-33(21-22-39(38)50-45)30-17-19-31(20-18-30)35-27-42(40-15-4-6-24-47-40)49-43(28-35)41-16-5-7-25-48-41;1-3-9-27(10-4-1)36-21-18-29-16-17-30-19-22-37(45-42(30)41(29)44-36)31-20-23-38-35(25-31)39-33(32-13-8-24-43-26-32)14-7-15-34(39)40(46-38)28-11-5-2-6-12-28/h2*1-29H;1-26H. The van der Waals surface area contributed by atoms with E-state index in [2.05, 4.69) is 340 Å². The molecule has 0 spiro atoms. The van der Waals surface area contributed by atoms with Crippen molar-refractivity contribution in [2.24, 2.45) is 0 Å². The Morgan fingerprint density at radius 1 is 0.144 bits per heavy atom. The van der Waals surface area contributed by atoms with Gasteiger partial charge in [0.25, 0.3) is 0 Å². The average molecular weight is 1870 g/mol. The molecule has 0 aliphatic rings. The molecule has 0 saturated carbocycles. The van der Waals surface area contributed by atoms with Crippen molar-refractivity contribution in [3.8, 4) is 180 Å². The minimum atomic E-state index is 0.633. The zero-order valence-corrected chi connectivity index (χ0v) is 78.8. The fraction of sp³-hybridized carbons (Fsp3) is 0. The highest BCUT2D eigenvalue weighted by Crippen LogP contribution is 2.46. The van der Waals surface area contributed by atoms with Crippen molar-refractivity contribution in [2.75, 3.05) is 0 Å². The second-order valence-corrected chi connectivity index (χ2v) is 35.8. The summed E-state index contributed by atoms with van der Waals surface area (Å²) in [5.74, 6) is 1.92. The molecule has 0 radical (unpaired) electrons. The van der Waals surface area contributed by atoms with E-state index < -0.39 is 0 Å². The van der Waals surface area contributed by atoms with Gasteiger partial charge in [-0.15, -0.1) is 0 Å². The lowest BCUT2D eigenvalue weighted by Gasteiger charge is -2.15. The molecule has 0 bridgehead atoms. The Kier molecular flexibility index (Phi) is 23.4. The minimum absolute atomic E-state index is 0.633. The van der Waals surface area contributed by atoms with Gasteiger partial charge < -0.3 is 0 Å². The fourth-order valence-corrected chi connectivity index (χ4v) is 19.7. The van der Waals surface area contributed by atoms with E-state index in [0.29, 0.717) is 17.5 Å². The smallest absolute Gasteiger partial charge is 0.164 e. The highest BCUT2D eigenvalue weighted by atomic mass is 15.0. The lowest BCUT2D eigenvalue weighted by Crippen LogP contribution is -2.00. The first-order valence-corrected chi connectivity index (χ1v) is 48.5. The van der Waals surface area contributed by atoms with E-state index in [4.69, 9.17) is 44.9 Å². The maximum Gasteiger partial charge on any atom is 0.164 e. The molecule has 15 aromatic carbocycles. The van der Waals surface area contributed by atoms with Gasteiger partial charge in [-0.05, 0) is 165 Å². The van der Waals surface area contributed by atoms with Crippen LogP contribution < -0.4 is 0 Å². The Labute approximate surface area is 841 Å². The number of rotatable bonds is 16. The molecule has 27 rings (SSSR count). The molecule has 12 heterocycles. The monoisotopic (exact) mass is 1860 g/mol. The molecule has 0 fully saturated rings. The van der Waals surface area contributed by atoms with Crippen LogP contribution in [0, 0.1) is 0 Å². The number of pyridine rings is 11. The SMILES string of the molecule is c1ccc(-c2ccc3ccc4ccc(-c5ccc6nc(-c7ccccc7)c7cccc(-c8cccnc8)c7c6c5)nc4c3n2)cc1.c1ccc(-c2nc(-c3ccccc3)nc(-c3ccc(-c4ccc5nc(-c6ccccc6)c6cccc(-c7ccncc7)c6c5c4)cc3)n2)cc1.c1ccc(-c2nc3ccc(-c4ccc(-c5cc(-c6ccccn6)nc(-c6ccccn6)c5)cc4)cc3c3c(-c4cccnc4)cccc23)cc1. The first-order valence-electron chi connectivity index (χ1n) is 48.5. The third-order valence-electron chi connectivity index (χ3n) is 26.8. The van der Waals surface area contributed by atoms with Crippen LogP contribution in [0.1, 0.15) is 0 Å². The van der Waals surface area contributed by atoms with Gasteiger partial charge in [-0.3, -0.25) is 24.9 Å². The molecule has 12 aromatic heterocycles. The van der Waals surface area contributed by atoms with E-state index in [1.165, 1.54) is 10.8 Å². The van der Waals surface area contributed by atoms with Crippen molar-refractivity contribution < 1.29 is 0 Å². The van der Waals surface area contributed by atoms with Crippen LogP contribution in [0.5, 0.6) is 0 Å². The Bertz CT molecular complexity index is 9050. The van der Waals surface area contributed by atoms with Crippen LogP contribution in [0.15, 0.2) is 511 Å². The predicted octanol–water partition coefficient (Wildman–Crippen LogP) is 32.5. The topological polar surface area (TPSA) is 180 Å². The van der Waals surface area contributed by atoms with Crippen LogP contribution in [0.2, 0.25) is 0 Å². The number of benzene rings is 15. The summed E-state index contributed by atoms with van der Waals surface area (Å²) < 4.78 is 0. The summed E-state index contributed by atoms with van der Waals surface area (Å²) in [5.41, 5.74) is 34.1. The molecule has 0 amide bonds. The maximum absolute atomic E-state index is 5.25. The zero-order chi connectivity index (χ0) is 97.0. The van der Waals surface area contributed by atoms with Crippen LogP contribution >= 0.6 is 0 Å². The third kappa shape index (κ3) is 17.5. The molecule has 0 N–H and O–H groups in total. The first-order chi connectivity index (χ1) is 72.4. The summed E-state index contributed by atoms with van der Waals surface area (Å²) in [4.78, 5) is 68.0. The lowest BCUT2D eigenvalue weighted by atomic mass is 9.92. The van der Waals surface area contributed by atoms with Crippen molar-refractivity contribution in [1.82, 2.24) is 69.8 Å². The van der Waals surface area contributed by atoms with Crippen molar-refractivity contribution in [3.63, 3.8) is 0 Å². The van der Waals surface area contributed by atoms with Gasteiger partial charge in [0.1, 0.15) is 0 Å². The summed E-state index contributed by atoms with van der Waals surface area (Å²) >= 11 is 0. The van der Waals surface area contributed by atoms with Crippen LogP contribution in [-0.2, 0) is 0 Å². The van der Waals surface area contributed by atoms with E-state index in [9.17, 15) is 0 Å². The minimum Gasteiger partial charge on any atom is -0.265 e. The summed E-state index contributed by atoms with van der Waals surface area (Å²) in [6, 6.07) is 159. The Morgan fingerprint density at radius 3 is 0.863 bits per heavy atom. The molecule has 0 saturated heterocycles. The van der Waals surface area contributed by atoms with Crippen molar-refractivity contribution >= 4 is 86.8 Å². The largest absolute Gasteiger partial charge is 0.265 e. The van der Waals surface area contributed by atoms with Crippen LogP contribution in [0.3, 0.4) is 0 Å². The molecular formula is C132H84N14. The molecule has 682 valence electrons. The highest BCUT2D eigenvalue weighted by Gasteiger charge is 2.24. The molecule has 27 aromatic rings. The maximum atomic E-state index is 5.25. The Morgan fingerprint density at radius 2 is 0.473 bits per heavy atom. The summed E-state index contributed by atoms with van der Waals surface area (Å²) in [6.07, 6.45) is 14.8. The van der Waals surface area contributed by atoms with E-state index in [-0.39, 0.29) is 0 Å². The third-order valence-corrected chi connectivity index (χ3v) is 26.8. The summed E-state index contributed by atoms with van der Waals surface area (Å²) in [7, 11) is 0. The fourth-order valence-electron chi connectivity index (χ4n) is 19.7. The zero-order valence-electron chi connectivity index (χ0n) is 78.8. The molecule has 0 atom stereocenters. The van der Waals surface area contributed by atoms with Gasteiger partial charge in [-0.25, -0.2) is 44.9 Å². The number of nitrogens with zero attached hydrogens (tertiary/aromatic N) is 14. The van der Waals surface area contributed by atoms with E-state index >= 15 is 0 Å². The van der Waals surface area contributed by atoms with Gasteiger partial charge in [0.15, 0.2) is 17.5 Å². The van der Waals surface area contributed by atoms with Gasteiger partial charge in [0, 0.05) is 164 Å². The van der Waals surface area contributed by atoms with Gasteiger partial charge in [-0.2, -0.15) is 0 Å². The van der Waals surface area contributed by atoms with Gasteiger partial charge >= 0.3 is 0 Å². The lowest BCUT2D eigenvalue weighted by molar-refractivity contribution is 1.07. The number of fused-ring (bicyclic) bond motifs is 12. The van der Waals surface area contributed by atoms with Crippen molar-refractivity contribution in [1.29, 1.82) is 0 Å². The summed E-state index contributed by atoms with van der Waals surface area (Å²) in [6.45, 7) is 0. The molecular weight excluding hydrogens is 1780 g/mol. The number of hydrogen-bond acceptors (Lipinski definition) is 14. The molecule has 0 aliphatic carbocycles. The molecule has 0 aliphatic heterocycles. The number of aromatic nitrogens is 14. The second-order valence-electron chi connectivity index (χ2n) is 35.8. The molecule has 14 heteroatoms. The van der Waals surface area contributed by atoms with Crippen LogP contribution in [0.25, 0.3) is 267 Å². The second kappa shape index (κ2) is 39.0.